The van der Waals surface area contributed by atoms with Gasteiger partial charge >= 0.3 is 5.97 Å². The number of ketones is 2. The monoisotopic (exact) mass is 346 g/mol. The summed E-state index contributed by atoms with van der Waals surface area (Å²) in [6.45, 7) is 6.89. The van der Waals surface area contributed by atoms with Gasteiger partial charge in [-0.05, 0) is 30.2 Å². The summed E-state index contributed by atoms with van der Waals surface area (Å²) in [5.41, 5.74) is -1.20. The number of hydrogen-bond acceptors (Lipinski definition) is 6. The Labute approximate surface area is 145 Å². The minimum atomic E-state index is -1.38. The van der Waals surface area contributed by atoms with Crippen LogP contribution in [0.15, 0.2) is 23.3 Å². The van der Waals surface area contributed by atoms with Crippen molar-refractivity contribution >= 4 is 17.5 Å². The summed E-state index contributed by atoms with van der Waals surface area (Å²) in [6, 6.07) is 0. The van der Waals surface area contributed by atoms with Crippen molar-refractivity contribution in [2.45, 2.75) is 46.0 Å². The van der Waals surface area contributed by atoms with E-state index < -0.39 is 52.7 Å². The zero-order valence-corrected chi connectivity index (χ0v) is 14.6. The summed E-state index contributed by atoms with van der Waals surface area (Å²) in [5.74, 6) is -2.97. The van der Waals surface area contributed by atoms with Gasteiger partial charge in [0.25, 0.3) is 0 Å². The minimum absolute atomic E-state index is 0.257. The molecule has 0 aromatic heterocycles. The number of aliphatic hydroxyl groups excluding tert-OH is 2. The normalized spacial score (nSPS) is 51.4. The number of carbonyl (C=O) groups excluding carboxylic acids is 3. The van der Waals surface area contributed by atoms with Crippen LogP contribution in [0.25, 0.3) is 0 Å². The number of aliphatic hydroxyl groups is 2. The van der Waals surface area contributed by atoms with Crippen LogP contribution in [0.5, 0.6) is 0 Å². The van der Waals surface area contributed by atoms with Crippen molar-refractivity contribution in [3.05, 3.63) is 23.3 Å². The van der Waals surface area contributed by atoms with Crippen molar-refractivity contribution in [2.75, 3.05) is 0 Å². The number of rotatable bonds is 0. The Morgan fingerprint density at radius 3 is 2.36 bits per heavy atom. The van der Waals surface area contributed by atoms with Crippen LogP contribution in [0.2, 0.25) is 0 Å². The van der Waals surface area contributed by atoms with Gasteiger partial charge in [-0.2, -0.15) is 0 Å². The van der Waals surface area contributed by atoms with Crippen molar-refractivity contribution in [3.8, 4) is 0 Å². The average molecular weight is 346 g/mol. The number of ether oxygens (including phenoxy) is 1. The zero-order valence-electron chi connectivity index (χ0n) is 14.6. The molecular formula is C19H22O6. The van der Waals surface area contributed by atoms with E-state index in [1.165, 1.54) is 12.2 Å². The number of fused-ring (bicyclic) bond motifs is 6. The first-order valence-corrected chi connectivity index (χ1v) is 8.62. The van der Waals surface area contributed by atoms with Crippen LogP contribution in [-0.4, -0.2) is 46.1 Å². The molecule has 1 saturated heterocycles. The molecule has 0 aromatic rings. The minimum Gasteiger partial charge on any atom is -0.459 e. The molecule has 2 bridgehead atoms. The van der Waals surface area contributed by atoms with E-state index in [4.69, 9.17) is 4.74 Å². The van der Waals surface area contributed by atoms with Crippen LogP contribution >= 0.6 is 0 Å². The quantitative estimate of drug-likeness (QED) is 0.622. The Hall–Kier alpha value is -1.79. The highest BCUT2D eigenvalue weighted by Crippen LogP contribution is 2.65. The maximum atomic E-state index is 13.1. The molecule has 0 amide bonds. The zero-order chi connectivity index (χ0) is 18.5. The molecule has 2 N–H and O–H groups in total. The van der Waals surface area contributed by atoms with Crippen LogP contribution < -0.4 is 0 Å². The smallest absolute Gasteiger partial charge is 0.310 e. The Balaban J connectivity index is 2.02. The number of esters is 1. The molecular weight excluding hydrogens is 324 g/mol. The van der Waals surface area contributed by atoms with Gasteiger partial charge in [-0.25, -0.2) is 0 Å². The second-order valence-electron chi connectivity index (χ2n) is 8.33. The van der Waals surface area contributed by atoms with Crippen LogP contribution in [0.1, 0.15) is 27.7 Å². The lowest BCUT2D eigenvalue weighted by Crippen LogP contribution is -2.67. The fourth-order valence-electron chi connectivity index (χ4n) is 6.04. The average Bonchev–Trinajstić information content (AvgIpc) is 2.78. The van der Waals surface area contributed by atoms with E-state index in [-0.39, 0.29) is 11.7 Å². The Morgan fingerprint density at radius 2 is 1.72 bits per heavy atom. The molecule has 0 unspecified atom stereocenters. The molecule has 1 aliphatic heterocycles. The van der Waals surface area contributed by atoms with Crippen molar-refractivity contribution in [3.63, 3.8) is 0 Å². The molecule has 25 heavy (non-hydrogen) atoms. The predicted molar refractivity (Wildman–Crippen MR) is 86.1 cm³/mol. The Kier molecular flexibility index (Phi) is 3.12. The van der Waals surface area contributed by atoms with E-state index in [9.17, 15) is 24.6 Å². The summed E-state index contributed by atoms with van der Waals surface area (Å²) in [6.07, 6.45) is -0.453. The fraction of sp³-hybridized carbons (Fsp3) is 0.632. The van der Waals surface area contributed by atoms with E-state index in [1.807, 2.05) is 0 Å². The standard InChI is InChI=1S/C19H22O6/c1-7-5-10(20)16(23)18(3)9(7)6-11(21)19(4)12-8(2)14(25-17(12)24)13(22)15(18)19/h5-6,8,12-16,22-23H,1-4H3/t8-,12-,13+,14-,15-,16-,18+,19+/m1/s1. The number of carbonyl (C=O) groups is 3. The summed E-state index contributed by atoms with van der Waals surface area (Å²) in [7, 11) is 0. The highest BCUT2D eigenvalue weighted by Gasteiger charge is 2.73. The SMILES string of the molecule is CC1=CC(=O)[C@@H](O)[C@@]2(C)C1=CC(=O)[C@]1(C)[C@@H]2[C@@H](O)[C@@H]2OC(=O)[C@H]1[C@H]2C. The molecule has 8 atom stereocenters. The van der Waals surface area contributed by atoms with Gasteiger partial charge in [-0.3, -0.25) is 14.4 Å². The van der Waals surface area contributed by atoms with Crippen LogP contribution in [-0.2, 0) is 19.1 Å². The first kappa shape index (κ1) is 16.7. The third-order valence-electron chi connectivity index (χ3n) is 7.17. The Bertz CT molecular complexity index is 779. The van der Waals surface area contributed by atoms with E-state index >= 15 is 0 Å². The van der Waals surface area contributed by atoms with Crippen LogP contribution in [0.3, 0.4) is 0 Å². The molecule has 0 aromatic carbocycles. The molecule has 1 saturated carbocycles. The number of hydrogen-bond donors (Lipinski definition) is 2. The van der Waals surface area contributed by atoms with Gasteiger partial charge in [0.15, 0.2) is 11.6 Å². The summed E-state index contributed by atoms with van der Waals surface area (Å²) in [5, 5.41) is 21.8. The molecule has 3 aliphatic carbocycles. The first-order valence-electron chi connectivity index (χ1n) is 8.62. The predicted octanol–water partition coefficient (Wildman–Crippen LogP) is 0.566. The molecule has 0 spiro atoms. The van der Waals surface area contributed by atoms with E-state index in [0.717, 1.165) is 0 Å². The van der Waals surface area contributed by atoms with Crippen molar-refractivity contribution in [1.82, 2.24) is 0 Å². The second kappa shape index (κ2) is 4.68. The van der Waals surface area contributed by atoms with E-state index in [1.54, 1.807) is 27.7 Å². The summed E-state index contributed by atoms with van der Waals surface area (Å²) < 4.78 is 5.38. The number of allylic oxidation sites excluding steroid dienone is 2. The van der Waals surface area contributed by atoms with Gasteiger partial charge in [0.2, 0.25) is 0 Å². The summed E-state index contributed by atoms with van der Waals surface area (Å²) in [4.78, 5) is 37.9. The van der Waals surface area contributed by atoms with E-state index in [0.29, 0.717) is 11.1 Å². The first-order chi connectivity index (χ1) is 11.6. The molecule has 1 heterocycles. The van der Waals surface area contributed by atoms with Gasteiger partial charge in [-0.15, -0.1) is 0 Å². The molecule has 4 aliphatic rings. The highest BCUT2D eigenvalue weighted by molar-refractivity contribution is 6.04. The molecule has 134 valence electrons. The van der Waals surface area contributed by atoms with Gasteiger partial charge < -0.3 is 14.9 Å². The third kappa shape index (κ3) is 1.65. The lowest BCUT2D eigenvalue weighted by Gasteiger charge is -2.59. The van der Waals surface area contributed by atoms with Gasteiger partial charge in [0.1, 0.15) is 12.2 Å². The Morgan fingerprint density at radius 1 is 1.08 bits per heavy atom. The van der Waals surface area contributed by atoms with E-state index in [2.05, 4.69) is 0 Å². The van der Waals surface area contributed by atoms with Crippen LogP contribution in [0, 0.1) is 28.6 Å². The topological polar surface area (TPSA) is 101 Å². The lowest BCUT2D eigenvalue weighted by atomic mass is 9.43. The van der Waals surface area contributed by atoms with Crippen LogP contribution in [0.4, 0.5) is 0 Å². The second-order valence-corrected chi connectivity index (χ2v) is 8.33. The van der Waals surface area contributed by atoms with Crippen molar-refractivity contribution < 1.29 is 29.3 Å². The maximum Gasteiger partial charge on any atom is 0.310 e. The molecule has 6 nitrogen and oxygen atoms in total. The lowest BCUT2D eigenvalue weighted by molar-refractivity contribution is -0.178. The highest BCUT2D eigenvalue weighted by atomic mass is 16.6. The summed E-state index contributed by atoms with van der Waals surface area (Å²) >= 11 is 0. The van der Waals surface area contributed by atoms with Crippen molar-refractivity contribution in [2.24, 2.45) is 28.6 Å². The fourth-order valence-corrected chi connectivity index (χ4v) is 6.04. The molecule has 6 heteroatoms. The largest absolute Gasteiger partial charge is 0.459 e. The van der Waals surface area contributed by atoms with Gasteiger partial charge in [0, 0.05) is 17.3 Å². The maximum absolute atomic E-state index is 13.1. The molecule has 2 fully saturated rings. The van der Waals surface area contributed by atoms with Crippen molar-refractivity contribution in [1.29, 1.82) is 0 Å². The third-order valence-corrected chi connectivity index (χ3v) is 7.17. The molecule has 0 radical (unpaired) electrons. The molecule has 4 rings (SSSR count). The van der Waals surface area contributed by atoms with Gasteiger partial charge in [-0.1, -0.05) is 20.8 Å². The van der Waals surface area contributed by atoms with Gasteiger partial charge in [0.05, 0.1) is 17.4 Å².